The predicted molar refractivity (Wildman–Crippen MR) is 115 cm³/mol. The SMILES string of the molecule is OC(c1cccnc1-c1cc(Cl)cc(Cl)c1)[C@H](c1ccc(F)cc1)N1CCCC1. The molecule has 3 aromatic rings. The van der Waals surface area contributed by atoms with Crippen LogP contribution in [0.3, 0.4) is 0 Å². The standard InChI is InChI=1S/C23H21Cl2FN2O/c24-17-12-16(13-18(25)14-17)21-20(4-3-9-27-21)23(29)22(28-10-1-2-11-28)15-5-7-19(26)8-6-15/h3-9,12-14,22-23,29H,1-2,10-11H2/t22-,23?/m0/s1. The Morgan fingerprint density at radius 3 is 2.28 bits per heavy atom. The van der Waals surface area contributed by atoms with Gasteiger partial charge in [0.15, 0.2) is 0 Å². The lowest BCUT2D eigenvalue weighted by Gasteiger charge is -2.33. The zero-order chi connectivity index (χ0) is 20.4. The van der Waals surface area contributed by atoms with Crippen LogP contribution in [-0.2, 0) is 0 Å². The van der Waals surface area contributed by atoms with Crippen LogP contribution in [0.4, 0.5) is 4.39 Å². The Morgan fingerprint density at radius 2 is 1.62 bits per heavy atom. The highest BCUT2D eigenvalue weighted by Gasteiger charge is 2.32. The molecule has 0 radical (unpaired) electrons. The van der Waals surface area contributed by atoms with Gasteiger partial charge >= 0.3 is 0 Å². The van der Waals surface area contributed by atoms with Crippen molar-refractivity contribution in [3.05, 3.63) is 87.8 Å². The van der Waals surface area contributed by atoms with E-state index in [2.05, 4.69) is 9.88 Å². The minimum absolute atomic E-state index is 0.293. The van der Waals surface area contributed by atoms with Gasteiger partial charge in [-0.25, -0.2) is 4.39 Å². The number of likely N-dealkylation sites (tertiary alicyclic amines) is 1. The Kier molecular flexibility index (Phi) is 6.16. The molecule has 3 nitrogen and oxygen atoms in total. The van der Waals surface area contributed by atoms with E-state index in [-0.39, 0.29) is 11.9 Å². The summed E-state index contributed by atoms with van der Waals surface area (Å²) in [6, 6.07) is 15.0. The number of rotatable bonds is 5. The van der Waals surface area contributed by atoms with Crippen LogP contribution in [0.5, 0.6) is 0 Å². The van der Waals surface area contributed by atoms with Crippen molar-refractivity contribution in [3.63, 3.8) is 0 Å². The Morgan fingerprint density at radius 1 is 0.966 bits per heavy atom. The third-order valence-electron chi connectivity index (χ3n) is 5.34. The number of nitrogens with zero attached hydrogens (tertiary/aromatic N) is 2. The number of halogens is 3. The first-order chi connectivity index (χ1) is 14.0. The maximum absolute atomic E-state index is 13.5. The molecule has 0 saturated carbocycles. The second-order valence-corrected chi connectivity index (χ2v) is 8.16. The highest BCUT2D eigenvalue weighted by molar-refractivity contribution is 6.35. The average Bonchev–Trinajstić information content (AvgIpc) is 3.23. The van der Waals surface area contributed by atoms with Crippen LogP contribution in [0.15, 0.2) is 60.8 Å². The van der Waals surface area contributed by atoms with Gasteiger partial charge in [0.1, 0.15) is 11.9 Å². The molecule has 4 rings (SSSR count). The minimum atomic E-state index is -0.847. The highest BCUT2D eigenvalue weighted by Crippen LogP contribution is 2.40. The summed E-state index contributed by atoms with van der Waals surface area (Å²) in [5.41, 5.74) is 2.94. The van der Waals surface area contributed by atoms with Crippen molar-refractivity contribution in [1.29, 1.82) is 0 Å². The van der Waals surface area contributed by atoms with Crippen molar-refractivity contribution in [2.45, 2.75) is 25.0 Å². The maximum Gasteiger partial charge on any atom is 0.123 e. The summed E-state index contributed by atoms with van der Waals surface area (Å²) >= 11 is 12.4. The van der Waals surface area contributed by atoms with Crippen molar-refractivity contribution in [1.82, 2.24) is 9.88 Å². The smallest absolute Gasteiger partial charge is 0.123 e. The van der Waals surface area contributed by atoms with Gasteiger partial charge < -0.3 is 5.11 Å². The molecule has 1 N–H and O–H groups in total. The van der Waals surface area contributed by atoms with Crippen LogP contribution in [0.1, 0.15) is 36.1 Å². The minimum Gasteiger partial charge on any atom is -0.386 e. The Bertz CT molecular complexity index is 970. The molecule has 150 valence electrons. The van der Waals surface area contributed by atoms with Gasteiger partial charge in [0.05, 0.1) is 11.7 Å². The van der Waals surface area contributed by atoms with E-state index < -0.39 is 6.10 Å². The molecule has 1 unspecified atom stereocenters. The fraction of sp³-hybridized carbons (Fsp3) is 0.261. The fourth-order valence-corrected chi connectivity index (χ4v) is 4.56. The van der Waals surface area contributed by atoms with E-state index in [0.29, 0.717) is 21.3 Å². The van der Waals surface area contributed by atoms with E-state index in [1.807, 2.05) is 6.07 Å². The summed E-state index contributed by atoms with van der Waals surface area (Å²) < 4.78 is 13.5. The number of aliphatic hydroxyl groups excluding tert-OH is 1. The number of hydrogen-bond acceptors (Lipinski definition) is 3. The molecule has 0 spiro atoms. The molecule has 1 aromatic heterocycles. The zero-order valence-corrected chi connectivity index (χ0v) is 17.2. The van der Waals surface area contributed by atoms with Crippen molar-refractivity contribution >= 4 is 23.2 Å². The summed E-state index contributed by atoms with van der Waals surface area (Å²) in [4.78, 5) is 6.76. The second-order valence-electron chi connectivity index (χ2n) is 7.28. The number of hydrogen-bond donors (Lipinski definition) is 1. The van der Waals surface area contributed by atoms with E-state index in [4.69, 9.17) is 23.2 Å². The van der Waals surface area contributed by atoms with E-state index in [1.54, 1.807) is 42.6 Å². The molecule has 0 bridgehead atoms. The quantitative estimate of drug-likeness (QED) is 0.533. The summed E-state index contributed by atoms with van der Waals surface area (Å²) in [5, 5.41) is 12.5. The van der Waals surface area contributed by atoms with Gasteiger partial charge in [-0.2, -0.15) is 0 Å². The molecule has 0 aliphatic carbocycles. The van der Waals surface area contributed by atoms with E-state index in [0.717, 1.165) is 37.1 Å². The summed E-state index contributed by atoms with van der Waals surface area (Å²) in [5.74, 6) is -0.293. The van der Waals surface area contributed by atoms with Crippen LogP contribution in [0.25, 0.3) is 11.3 Å². The number of aliphatic hydroxyl groups is 1. The van der Waals surface area contributed by atoms with Crippen LogP contribution in [0, 0.1) is 5.82 Å². The first-order valence-electron chi connectivity index (χ1n) is 9.62. The fourth-order valence-electron chi connectivity index (χ4n) is 4.03. The Labute approximate surface area is 179 Å². The molecule has 0 amide bonds. The number of pyridine rings is 1. The van der Waals surface area contributed by atoms with Crippen LogP contribution < -0.4 is 0 Å². The molecular weight excluding hydrogens is 410 g/mol. The summed E-state index contributed by atoms with van der Waals surface area (Å²) in [6.07, 6.45) is 2.99. The van der Waals surface area contributed by atoms with Gasteiger partial charge in [0, 0.05) is 27.4 Å². The first kappa shape index (κ1) is 20.3. The molecule has 1 saturated heterocycles. The highest BCUT2D eigenvalue weighted by atomic mass is 35.5. The van der Waals surface area contributed by atoms with Crippen LogP contribution >= 0.6 is 23.2 Å². The van der Waals surface area contributed by atoms with Crippen LogP contribution in [-0.4, -0.2) is 28.1 Å². The van der Waals surface area contributed by atoms with Crippen molar-refractivity contribution in [3.8, 4) is 11.3 Å². The van der Waals surface area contributed by atoms with Gasteiger partial charge in [0.25, 0.3) is 0 Å². The molecule has 1 fully saturated rings. The lowest BCUT2D eigenvalue weighted by atomic mass is 9.92. The van der Waals surface area contributed by atoms with Gasteiger partial charge in [-0.05, 0) is 67.9 Å². The second kappa shape index (κ2) is 8.80. The normalized spacial score (nSPS) is 16.7. The average molecular weight is 431 g/mol. The Hall–Kier alpha value is -1.98. The largest absolute Gasteiger partial charge is 0.386 e. The molecule has 1 aliphatic heterocycles. The van der Waals surface area contributed by atoms with Gasteiger partial charge in [0.2, 0.25) is 0 Å². The maximum atomic E-state index is 13.5. The molecule has 2 atom stereocenters. The molecule has 6 heteroatoms. The zero-order valence-electron chi connectivity index (χ0n) is 15.7. The van der Waals surface area contributed by atoms with Crippen LogP contribution in [0.2, 0.25) is 10.0 Å². The van der Waals surface area contributed by atoms with E-state index in [9.17, 15) is 9.50 Å². The molecule has 29 heavy (non-hydrogen) atoms. The summed E-state index contributed by atoms with van der Waals surface area (Å²) in [6.45, 7) is 1.77. The topological polar surface area (TPSA) is 36.4 Å². The number of benzene rings is 2. The summed E-state index contributed by atoms with van der Waals surface area (Å²) in [7, 11) is 0. The van der Waals surface area contributed by atoms with Crippen molar-refractivity contribution < 1.29 is 9.50 Å². The third kappa shape index (κ3) is 4.46. The predicted octanol–water partition coefficient (Wildman–Crippen LogP) is 6.07. The molecule has 2 heterocycles. The van der Waals surface area contributed by atoms with Gasteiger partial charge in [-0.15, -0.1) is 0 Å². The third-order valence-corrected chi connectivity index (χ3v) is 5.77. The number of aromatic nitrogens is 1. The van der Waals surface area contributed by atoms with Crippen molar-refractivity contribution in [2.24, 2.45) is 0 Å². The van der Waals surface area contributed by atoms with Crippen molar-refractivity contribution in [2.75, 3.05) is 13.1 Å². The van der Waals surface area contributed by atoms with E-state index in [1.165, 1.54) is 12.1 Å². The monoisotopic (exact) mass is 430 g/mol. The lowest BCUT2D eigenvalue weighted by Crippen LogP contribution is -2.31. The Balaban J connectivity index is 1.78. The van der Waals surface area contributed by atoms with Gasteiger partial charge in [-0.3, -0.25) is 9.88 Å². The van der Waals surface area contributed by atoms with E-state index >= 15 is 0 Å². The van der Waals surface area contributed by atoms with Gasteiger partial charge in [-0.1, -0.05) is 41.4 Å². The first-order valence-corrected chi connectivity index (χ1v) is 10.4. The lowest BCUT2D eigenvalue weighted by molar-refractivity contribution is 0.0609. The molecule has 2 aromatic carbocycles. The molecule has 1 aliphatic rings. The molecular formula is C23H21Cl2FN2O.